The van der Waals surface area contributed by atoms with E-state index in [4.69, 9.17) is 9.47 Å². The van der Waals surface area contributed by atoms with Gasteiger partial charge in [0.25, 0.3) is 0 Å². The van der Waals surface area contributed by atoms with Gasteiger partial charge in [0.05, 0.1) is 12.7 Å². The molecule has 1 saturated carbocycles. The summed E-state index contributed by atoms with van der Waals surface area (Å²) in [5.74, 6) is 0. The highest BCUT2D eigenvalue weighted by molar-refractivity contribution is 4.92. The van der Waals surface area contributed by atoms with E-state index in [1.807, 2.05) is 0 Å². The van der Waals surface area contributed by atoms with E-state index in [-0.39, 0.29) is 0 Å². The van der Waals surface area contributed by atoms with Crippen molar-refractivity contribution in [1.29, 1.82) is 0 Å². The Kier molecular flexibility index (Phi) is 5.62. The first kappa shape index (κ1) is 13.0. The van der Waals surface area contributed by atoms with Crippen molar-refractivity contribution in [1.82, 2.24) is 0 Å². The van der Waals surface area contributed by atoms with Gasteiger partial charge in [-0.3, -0.25) is 0 Å². The first-order valence-corrected chi connectivity index (χ1v) is 6.48. The molecule has 0 saturated heterocycles. The predicted octanol–water partition coefficient (Wildman–Crippen LogP) is 3.40. The van der Waals surface area contributed by atoms with Gasteiger partial charge in [0, 0.05) is 18.6 Å². The Balaban J connectivity index is 2.59. The Morgan fingerprint density at radius 3 is 2.60 bits per heavy atom. The number of rotatable bonds is 7. The molecule has 2 nitrogen and oxygen atoms in total. The lowest BCUT2D eigenvalue weighted by molar-refractivity contribution is -0.0638. The van der Waals surface area contributed by atoms with E-state index in [2.05, 4.69) is 20.8 Å². The summed E-state index contributed by atoms with van der Waals surface area (Å²) in [7, 11) is 0. The van der Waals surface area contributed by atoms with Gasteiger partial charge in [-0.1, -0.05) is 19.8 Å². The minimum absolute atomic E-state index is 0.320. The van der Waals surface area contributed by atoms with Crippen molar-refractivity contribution in [3.63, 3.8) is 0 Å². The molecule has 90 valence electrons. The zero-order valence-electron chi connectivity index (χ0n) is 10.6. The van der Waals surface area contributed by atoms with Gasteiger partial charge in [0.15, 0.2) is 0 Å². The molecule has 1 rings (SSSR count). The van der Waals surface area contributed by atoms with Gasteiger partial charge in [0.2, 0.25) is 0 Å². The third-order valence-corrected chi connectivity index (χ3v) is 3.53. The Hall–Kier alpha value is -0.0800. The third kappa shape index (κ3) is 3.18. The molecule has 1 aliphatic rings. The number of hydrogen-bond donors (Lipinski definition) is 0. The van der Waals surface area contributed by atoms with Gasteiger partial charge in [-0.15, -0.1) is 0 Å². The molecule has 2 heteroatoms. The molecule has 1 aliphatic carbocycles. The van der Waals surface area contributed by atoms with E-state index in [9.17, 15) is 0 Å². The highest BCUT2D eigenvalue weighted by Gasteiger charge is 2.42. The largest absolute Gasteiger partial charge is 0.381 e. The van der Waals surface area contributed by atoms with Crippen LogP contribution in [-0.4, -0.2) is 25.9 Å². The third-order valence-electron chi connectivity index (χ3n) is 3.53. The van der Waals surface area contributed by atoms with E-state index >= 15 is 0 Å². The first-order valence-electron chi connectivity index (χ1n) is 6.48. The zero-order chi connectivity index (χ0) is 11.1. The smallest absolute Gasteiger partial charge is 0.0653 e. The molecule has 2 atom stereocenters. The molecule has 0 aliphatic heterocycles. The lowest BCUT2D eigenvalue weighted by Gasteiger charge is -2.34. The van der Waals surface area contributed by atoms with Crippen LogP contribution in [-0.2, 0) is 9.47 Å². The molecule has 0 heterocycles. The van der Waals surface area contributed by atoms with Crippen LogP contribution >= 0.6 is 0 Å². The summed E-state index contributed by atoms with van der Waals surface area (Å²) in [6.07, 6.45) is 6.73. The van der Waals surface area contributed by atoms with Crippen LogP contribution in [0.2, 0.25) is 0 Å². The minimum Gasteiger partial charge on any atom is -0.381 e. The monoisotopic (exact) mass is 214 g/mol. The highest BCUT2D eigenvalue weighted by Crippen LogP contribution is 2.44. The molecule has 0 amide bonds. The van der Waals surface area contributed by atoms with Crippen molar-refractivity contribution in [3.05, 3.63) is 0 Å². The SMILES string of the molecule is CCCC1(COCC)CCCC1OCC. The number of hydrogen-bond acceptors (Lipinski definition) is 2. The Morgan fingerprint density at radius 1 is 1.20 bits per heavy atom. The second-order valence-corrected chi connectivity index (χ2v) is 4.59. The molecule has 0 aromatic carbocycles. The van der Waals surface area contributed by atoms with Gasteiger partial charge in [-0.05, 0) is 33.1 Å². The molecule has 2 unspecified atom stereocenters. The highest BCUT2D eigenvalue weighted by atomic mass is 16.5. The molecule has 0 aromatic heterocycles. The van der Waals surface area contributed by atoms with Crippen molar-refractivity contribution >= 4 is 0 Å². The fourth-order valence-corrected chi connectivity index (χ4v) is 2.89. The topological polar surface area (TPSA) is 18.5 Å². The van der Waals surface area contributed by atoms with Crippen LogP contribution in [0.3, 0.4) is 0 Å². The Labute approximate surface area is 94.3 Å². The van der Waals surface area contributed by atoms with Crippen molar-refractivity contribution in [3.8, 4) is 0 Å². The molecule has 15 heavy (non-hydrogen) atoms. The molecular formula is C13H26O2. The maximum absolute atomic E-state index is 5.89. The molecule has 1 fully saturated rings. The normalized spacial score (nSPS) is 31.0. The molecule has 0 aromatic rings. The van der Waals surface area contributed by atoms with Crippen molar-refractivity contribution in [2.75, 3.05) is 19.8 Å². The molecule has 0 radical (unpaired) electrons. The maximum Gasteiger partial charge on any atom is 0.0653 e. The average molecular weight is 214 g/mol. The number of ether oxygens (including phenoxy) is 2. The van der Waals surface area contributed by atoms with Crippen LogP contribution in [0.1, 0.15) is 52.9 Å². The minimum atomic E-state index is 0.320. The van der Waals surface area contributed by atoms with Crippen LogP contribution in [0.5, 0.6) is 0 Å². The average Bonchev–Trinajstić information content (AvgIpc) is 2.61. The summed E-state index contributed by atoms with van der Waals surface area (Å²) in [4.78, 5) is 0. The fraction of sp³-hybridized carbons (Fsp3) is 1.00. The van der Waals surface area contributed by atoms with Gasteiger partial charge in [-0.2, -0.15) is 0 Å². The molecule has 0 bridgehead atoms. The van der Waals surface area contributed by atoms with E-state index in [1.54, 1.807) is 0 Å². The zero-order valence-corrected chi connectivity index (χ0v) is 10.6. The summed E-state index contributed by atoms with van der Waals surface area (Å²) < 4.78 is 11.6. The second kappa shape index (κ2) is 6.49. The summed E-state index contributed by atoms with van der Waals surface area (Å²) in [6, 6.07) is 0. The fourth-order valence-electron chi connectivity index (χ4n) is 2.89. The van der Waals surface area contributed by atoms with Crippen LogP contribution in [0.15, 0.2) is 0 Å². The molecular weight excluding hydrogens is 188 g/mol. The first-order chi connectivity index (χ1) is 7.29. The van der Waals surface area contributed by atoms with Crippen molar-refractivity contribution in [2.24, 2.45) is 5.41 Å². The lowest BCUT2D eigenvalue weighted by atomic mass is 9.80. The van der Waals surface area contributed by atoms with E-state index in [0.717, 1.165) is 19.8 Å². The van der Waals surface area contributed by atoms with Crippen LogP contribution < -0.4 is 0 Å². The summed E-state index contributed by atoms with van der Waals surface area (Å²) in [6.45, 7) is 8.98. The molecule has 0 N–H and O–H groups in total. The second-order valence-electron chi connectivity index (χ2n) is 4.59. The Morgan fingerprint density at radius 2 is 2.00 bits per heavy atom. The summed E-state index contributed by atoms with van der Waals surface area (Å²) in [5.41, 5.74) is 0.320. The van der Waals surface area contributed by atoms with Crippen LogP contribution in [0, 0.1) is 5.41 Å². The quantitative estimate of drug-likeness (QED) is 0.646. The van der Waals surface area contributed by atoms with Crippen LogP contribution in [0.25, 0.3) is 0 Å². The Bertz CT molecular complexity index is 170. The predicted molar refractivity (Wildman–Crippen MR) is 63.1 cm³/mol. The van der Waals surface area contributed by atoms with Gasteiger partial charge in [-0.25, -0.2) is 0 Å². The van der Waals surface area contributed by atoms with Crippen molar-refractivity contribution < 1.29 is 9.47 Å². The standard InChI is InChI=1S/C13H26O2/c1-4-9-13(11-14-5-2)10-7-8-12(13)15-6-3/h12H,4-11H2,1-3H3. The van der Waals surface area contributed by atoms with E-state index < -0.39 is 0 Å². The van der Waals surface area contributed by atoms with Gasteiger partial charge < -0.3 is 9.47 Å². The summed E-state index contributed by atoms with van der Waals surface area (Å²) in [5, 5.41) is 0. The molecule has 0 spiro atoms. The maximum atomic E-state index is 5.89. The van der Waals surface area contributed by atoms with Crippen LogP contribution in [0.4, 0.5) is 0 Å². The summed E-state index contributed by atoms with van der Waals surface area (Å²) >= 11 is 0. The van der Waals surface area contributed by atoms with Gasteiger partial charge in [0.1, 0.15) is 0 Å². The van der Waals surface area contributed by atoms with E-state index in [1.165, 1.54) is 32.1 Å². The van der Waals surface area contributed by atoms with Crippen molar-refractivity contribution in [2.45, 2.75) is 59.0 Å². The lowest BCUT2D eigenvalue weighted by Crippen LogP contribution is -2.36. The van der Waals surface area contributed by atoms with E-state index in [0.29, 0.717) is 11.5 Å². The van der Waals surface area contributed by atoms with Gasteiger partial charge >= 0.3 is 0 Å².